The maximum Gasteiger partial charge on any atom is 0.254 e. The lowest BCUT2D eigenvalue weighted by Gasteiger charge is -2.29. The Hall–Kier alpha value is -3.62. The van der Waals surface area contributed by atoms with Gasteiger partial charge in [0.05, 0.1) is 6.10 Å². The highest BCUT2D eigenvalue weighted by atomic mass is 19.1. The van der Waals surface area contributed by atoms with Crippen LogP contribution in [-0.4, -0.2) is 59.0 Å². The molecule has 3 aromatic carbocycles. The molecule has 0 heterocycles. The van der Waals surface area contributed by atoms with Gasteiger partial charge < -0.3 is 20.6 Å². The number of amides is 2. The predicted molar refractivity (Wildman–Crippen MR) is 158 cm³/mol. The number of nitrogens with zero attached hydrogens (tertiary/aromatic N) is 2. The molecular weight excluding hydrogens is 524 g/mol. The van der Waals surface area contributed by atoms with Crippen LogP contribution in [0.3, 0.4) is 0 Å². The maximum absolute atomic E-state index is 13.9. The molecule has 8 heteroatoms. The van der Waals surface area contributed by atoms with Crippen LogP contribution in [0, 0.1) is 18.6 Å². The number of carbonyl (C=O) groups excluding carboxylic acids is 2. The summed E-state index contributed by atoms with van der Waals surface area (Å²) >= 11 is 0. The first kappa shape index (κ1) is 31.9. The zero-order valence-electron chi connectivity index (χ0n) is 24.4. The molecule has 0 aromatic heterocycles. The Morgan fingerprint density at radius 1 is 0.902 bits per heavy atom. The van der Waals surface area contributed by atoms with E-state index in [4.69, 9.17) is 5.73 Å². The van der Waals surface area contributed by atoms with Crippen LogP contribution in [0.2, 0.25) is 0 Å². The Labute approximate surface area is 241 Å². The molecule has 6 nitrogen and oxygen atoms in total. The zero-order valence-corrected chi connectivity index (χ0v) is 24.4. The number of unbranched alkanes of at least 4 members (excludes halogenated alkanes) is 1. The zero-order chi connectivity index (χ0) is 30.1. The van der Waals surface area contributed by atoms with Gasteiger partial charge in [0, 0.05) is 49.9 Å². The van der Waals surface area contributed by atoms with Crippen molar-refractivity contribution in [3.05, 3.63) is 106 Å². The van der Waals surface area contributed by atoms with Gasteiger partial charge in [-0.05, 0) is 78.8 Å². The van der Waals surface area contributed by atoms with Crippen molar-refractivity contribution >= 4 is 11.8 Å². The molecule has 3 rings (SSSR count). The third-order valence-corrected chi connectivity index (χ3v) is 7.12. The number of hydrogen-bond acceptors (Lipinski definition) is 4. The molecule has 0 spiro atoms. The normalized spacial score (nSPS) is 12.6. The molecule has 0 saturated carbocycles. The van der Waals surface area contributed by atoms with Crippen molar-refractivity contribution in [1.82, 2.24) is 9.80 Å². The molecule has 0 saturated heterocycles. The molecule has 0 unspecified atom stereocenters. The third kappa shape index (κ3) is 9.20. The summed E-state index contributed by atoms with van der Waals surface area (Å²) in [6, 6.07) is 15.2. The second-order valence-corrected chi connectivity index (χ2v) is 10.7. The van der Waals surface area contributed by atoms with E-state index in [0.717, 1.165) is 42.0 Å². The second kappa shape index (κ2) is 14.8. The summed E-state index contributed by atoms with van der Waals surface area (Å²) in [6.07, 6.45) is 1.52. The van der Waals surface area contributed by atoms with E-state index in [1.165, 1.54) is 17.0 Å². The van der Waals surface area contributed by atoms with Crippen LogP contribution >= 0.6 is 0 Å². The van der Waals surface area contributed by atoms with Crippen molar-refractivity contribution in [2.24, 2.45) is 5.73 Å². The fourth-order valence-corrected chi connectivity index (χ4v) is 4.82. The van der Waals surface area contributed by atoms with Crippen molar-refractivity contribution in [3.63, 3.8) is 0 Å². The SMILES string of the molecule is CCCCN(C)C(=O)c1cc(C)cc(C(=O)N(Cc2cccc(CC)c2)C[C@@H](O)[C@@H](N)Cc2cc(F)cc(F)c2)c1. The van der Waals surface area contributed by atoms with Crippen LogP contribution in [0.1, 0.15) is 69.7 Å². The van der Waals surface area contributed by atoms with Crippen molar-refractivity contribution < 1.29 is 23.5 Å². The molecule has 0 radical (unpaired) electrons. The third-order valence-electron chi connectivity index (χ3n) is 7.12. The predicted octanol–water partition coefficient (Wildman–Crippen LogP) is 5.28. The van der Waals surface area contributed by atoms with E-state index >= 15 is 0 Å². The van der Waals surface area contributed by atoms with Crippen molar-refractivity contribution in [3.8, 4) is 0 Å². The topological polar surface area (TPSA) is 86.9 Å². The first-order valence-corrected chi connectivity index (χ1v) is 14.1. The molecular formula is C33H41F2N3O3. The van der Waals surface area contributed by atoms with E-state index in [2.05, 4.69) is 6.92 Å². The summed E-state index contributed by atoms with van der Waals surface area (Å²) in [5.41, 5.74) is 10.1. The standard InChI is InChI=1S/C33H41F2N3O3/c1-5-7-11-37(4)32(40)26-12-22(3)13-27(18-26)33(41)38(20-24-10-8-9-23(6-2)14-24)21-31(39)30(36)17-25-15-28(34)19-29(35)16-25/h8-10,12-16,18-19,30-31,39H,5-7,11,17,20-21,36H2,1-4H3/t30-,31+/m0/s1. The summed E-state index contributed by atoms with van der Waals surface area (Å²) in [5.74, 6) is -1.97. The fourth-order valence-electron chi connectivity index (χ4n) is 4.82. The average Bonchev–Trinajstić information content (AvgIpc) is 2.93. The minimum atomic E-state index is -1.18. The number of hydrogen-bond donors (Lipinski definition) is 2. The highest BCUT2D eigenvalue weighted by molar-refractivity contribution is 6.00. The van der Waals surface area contributed by atoms with Gasteiger partial charge in [-0.15, -0.1) is 0 Å². The summed E-state index contributed by atoms with van der Waals surface area (Å²) in [7, 11) is 1.75. The van der Waals surface area contributed by atoms with Crippen LogP contribution in [0.5, 0.6) is 0 Å². The number of rotatable bonds is 13. The van der Waals surface area contributed by atoms with Gasteiger partial charge in [-0.1, -0.05) is 44.5 Å². The Kier molecular flexibility index (Phi) is 11.6. The minimum Gasteiger partial charge on any atom is -0.390 e. The van der Waals surface area contributed by atoms with E-state index in [9.17, 15) is 23.5 Å². The quantitative estimate of drug-likeness (QED) is 0.295. The molecule has 0 aliphatic heterocycles. The largest absolute Gasteiger partial charge is 0.390 e. The molecule has 2 atom stereocenters. The summed E-state index contributed by atoms with van der Waals surface area (Å²) < 4.78 is 27.4. The first-order valence-electron chi connectivity index (χ1n) is 14.1. The van der Waals surface area contributed by atoms with E-state index in [1.54, 1.807) is 30.1 Å². The average molecular weight is 566 g/mol. The number of halogens is 2. The Morgan fingerprint density at radius 2 is 1.54 bits per heavy atom. The van der Waals surface area contributed by atoms with Gasteiger partial charge in [0.2, 0.25) is 0 Å². The summed E-state index contributed by atoms with van der Waals surface area (Å²) in [4.78, 5) is 30.2. The lowest BCUT2D eigenvalue weighted by Crippen LogP contribution is -2.46. The summed E-state index contributed by atoms with van der Waals surface area (Å²) in [6.45, 7) is 6.65. The number of nitrogens with two attached hydrogens (primary N) is 1. The molecule has 0 aliphatic rings. The van der Waals surface area contributed by atoms with E-state index in [0.29, 0.717) is 23.2 Å². The van der Waals surface area contributed by atoms with Gasteiger partial charge in [-0.3, -0.25) is 9.59 Å². The number of benzene rings is 3. The molecule has 2 amide bonds. The molecule has 220 valence electrons. The maximum atomic E-state index is 13.9. The lowest BCUT2D eigenvalue weighted by atomic mass is 10.00. The number of carbonyl (C=O) groups is 2. The van der Waals surface area contributed by atoms with Crippen LogP contribution in [0.4, 0.5) is 8.78 Å². The Bertz CT molecular complexity index is 1330. The van der Waals surface area contributed by atoms with Gasteiger partial charge in [0.1, 0.15) is 11.6 Å². The van der Waals surface area contributed by atoms with Gasteiger partial charge in [0.25, 0.3) is 11.8 Å². The molecule has 41 heavy (non-hydrogen) atoms. The van der Waals surface area contributed by atoms with Gasteiger partial charge >= 0.3 is 0 Å². The molecule has 0 bridgehead atoms. The minimum absolute atomic E-state index is 0.0242. The van der Waals surface area contributed by atoms with Gasteiger partial charge in [-0.25, -0.2) is 8.78 Å². The summed E-state index contributed by atoms with van der Waals surface area (Å²) in [5, 5.41) is 11.0. The van der Waals surface area contributed by atoms with Crippen LogP contribution < -0.4 is 5.73 Å². The van der Waals surface area contributed by atoms with E-state index in [-0.39, 0.29) is 31.3 Å². The Balaban J connectivity index is 1.89. The number of aliphatic hydroxyl groups excluding tert-OH is 1. The fraction of sp³-hybridized carbons (Fsp3) is 0.394. The van der Waals surface area contributed by atoms with Crippen LogP contribution in [0.25, 0.3) is 0 Å². The van der Waals surface area contributed by atoms with Crippen molar-refractivity contribution in [1.29, 1.82) is 0 Å². The van der Waals surface area contributed by atoms with E-state index in [1.807, 2.05) is 38.1 Å². The smallest absolute Gasteiger partial charge is 0.254 e. The van der Waals surface area contributed by atoms with E-state index < -0.39 is 23.8 Å². The first-order chi connectivity index (χ1) is 19.5. The van der Waals surface area contributed by atoms with Crippen LogP contribution in [-0.2, 0) is 19.4 Å². The number of aliphatic hydroxyl groups is 1. The lowest BCUT2D eigenvalue weighted by molar-refractivity contribution is 0.0554. The molecule has 3 aromatic rings. The number of aryl methyl sites for hydroxylation is 2. The highest BCUT2D eigenvalue weighted by Gasteiger charge is 2.25. The monoisotopic (exact) mass is 565 g/mol. The van der Waals surface area contributed by atoms with Crippen LogP contribution in [0.15, 0.2) is 60.7 Å². The van der Waals surface area contributed by atoms with Gasteiger partial charge in [-0.2, -0.15) is 0 Å². The van der Waals surface area contributed by atoms with Crippen molar-refractivity contribution in [2.45, 2.75) is 65.1 Å². The Morgan fingerprint density at radius 3 is 2.17 bits per heavy atom. The highest BCUT2D eigenvalue weighted by Crippen LogP contribution is 2.19. The van der Waals surface area contributed by atoms with Crippen molar-refractivity contribution in [2.75, 3.05) is 20.1 Å². The second-order valence-electron chi connectivity index (χ2n) is 10.7. The molecule has 0 aliphatic carbocycles. The molecule has 3 N–H and O–H groups in total. The molecule has 0 fully saturated rings. The van der Waals surface area contributed by atoms with Gasteiger partial charge in [0.15, 0.2) is 0 Å².